The van der Waals surface area contributed by atoms with Crippen molar-refractivity contribution in [2.24, 2.45) is 0 Å². The number of hydrogen-bond acceptors (Lipinski definition) is 3. The quantitative estimate of drug-likeness (QED) is 0.798. The lowest BCUT2D eigenvalue weighted by molar-refractivity contribution is 0.0498. The van der Waals surface area contributed by atoms with E-state index in [1.807, 2.05) is 19.1 Å². The third kappa shape index (κ3) is 2.68. The molecule has 2 N–H and O–H groups in total. The Kier molecular flexibility index (Phi) is 3.82. The van der Waals surface area contributed by atoms with Gasteiger partial charge in [0.25, 0.3) is 0 Å². The lowest BCUT2D eigenvalue weighted by Gasteiger charge is -2.24. The first-order chi connectivity index (χ1) is 8.15. The van der Waals surface area contributed by atoms with Crippen LogP contribution in [-0.4, -0.2) is 18.2 Å². The fourth-order valence-electron chi connectivity index (χ4n) is 2.06. The second kappa shape index (κ2) is 5.17. The Morgan fingerprint density at radius 1 is 1.35 bits per heavy atom. The average molecular weight is 249 g/mol. The number of rotatable bonds is 5. The molecule has 0 aliphatic carbocycles. The zero-order valence-corrected chi connectivity index (χ0v) is 11.2. The molecule has 0 fully saturated rings. The molecule has 92 valence electrons. The standard InChI is InChI=1S/C14H19NOS/c1-3-15-9-8-14(2,16)12-6-4-5-11-7-10-17-13(11)12/h4-7,10,15-16H,3,8-9H2,1-2H3. The summed E-state index contributed by atoms with van der Waals surface area (Å²) in [5.41, 5.74) is 0.287. The molecule has 0 saturated heterocycles. The van der Waals surface area contributed by atoms with E-state index in [1.165, 1.54) is 10.1 Å². The molecular formula is C14H19NOS. The Hall–Kier alpha value is -0.900. The highest BCUT2D eigenvalue weighted by atomic mass is 32.1. The zero-order valence-electron chi connectivity index (χ0n) is 10.4. The highest BCUT2D eigenvalue weighted by Crippen LogP contribution is 2.33. The van der Waals surface area contributed by atoms with Gasteiger partial charge < -0.3 is 10.4 Å². The minimum Gasteiger partial charge on any atom is -0.385 e. The topological polar surface area (TPSA) is 32.3 Å². The number of aliphatic hydroxyl groups is 1. The zero-order chi connectivity index (χ0) is 12.3. The maximum Gasteiger partial charge on any atom is 0.0894 e. The molecule has 1 atom stereocenters. The smallest absolute Gasteiger partial charge is 0.0894 e. The van der Waals surface area contributed by atoms with Crippen LogP contribution in [-0.2, 0) is 5.60 Å². The summed E-state index contributed by atoms with van der Waals surface area (Å²) >= 11 is 1.70. The summed E-state index contributed by atoms with van der Waals surface area (Å²) < 4.78 is 1.20. The molecule has 0 aliphatic heterocycles. The van der Waals surface area contributed by atoms with E-state index in [2.05, 4.69) is 29.8 Å². The van der Waals surface area contributed by atoms with Gasteiger partial charge in [0.05, 0.1) is 5.60 Å². The van der Waals surface area contributed by atoms with E-state index < -0.39 is 5.60 Å². The van der Waals surface area contributed by atoms with Gasteiger partial charge in [0.15, 0.2) is 0 Å². The molecule has 0 aliphatic rings. The molecule has 0 radical (unpaired) electrons. The first kappa shape index (κ1) is 12.6. The van der Waals surface area contributed by atoms with Gasteiger partial charge in [-0.2, -0.15) is 0 Å². The van der Waals surface area contributed by atoms with Crippen LogP contribution in [0.15, 0.2) is 29.6 Å². The molecule has 17 heavy (non-hydrogen) atoms. The molecule has 3 heteroatoms. The van der Waals surface area contributed by atoms with Crippen LogP contribution >= 0.6 is 11.3 Å². The van der Waals surface area contributed by atoms with Crippen molar-refractivity contribution in [3.8, 4) is 0 Å². The monoisotopic (exact) mass is 249 g/mol. The van der Waals surface area contributed by atoms with Gasteiger partial charge in [0, 0.05) is 10.3 Å². The first-order valence-corrected chi connectivity index (χ1v) is 6.93. The second-order valence-electron chi connectivity index (χ2n) is 4.52. The van der Waals surface area contributed by atoms with Gasteiger partial charge in [-0.15, -0.1) is 11.3 Å². The van der Waals surface area contributed by atoms with Gasteiger partial charge in [-0.3, -0.25) is 0 Å². The van der Waals surface area contributed by atoms with E-state index in [0.717, 1.165) is 25.1 Å². The molecular weight excluding hydrogens is 230 g/mol. The van der Waals surface area contributed by atoms with E-state index in [4.69, 9.17) is 0 Å². The fraction of sp³-hybridized carbons (Fsp3) is 0.429. The third-order valence-corrected chi connectivity index (χ3v) is 4.06. The van der Waals surface area contributed by atoms with Crippen LogP contribution in [0.4, 0.5) is 0 Å². The van der Waals surface area contributed by atoms with Crippen molar-refractivity contribution in [1.82, 2.24) is 5.32 Å². The van der Waals surface area contributed by atoms with E-state index in [1.54, 1.807) is 11.3 Å². The highest BCUT2D eigenvalue weighted by Gasteiger charge is 2.24. The van der Waals surface area contributed by atoms with Crippen LogP contribution in [0, 0.1) is 0 Å². The van der Waals surface area contributed by atoms with Crippen molar-refractivity contribution in [3.05, 3.63) is 35.2 Å². The normalized spacial score (nSPS) is 15.0. The van der Waals surface area contributed by atoms with E-state index >= 15 is 0 Å². The van der Waals surface area contributed by atoms with E-state index in [9.17, 15) is 5.11 Å². The first-order valence-electron chi connectivity index (χ1n) is 6.05. The van der Waals surface area contributed by atoms with Gasteiger partial charge in [-0.1, -0.05) is 25.1 Å². The van der Waals surface area contributed by atoms with E-state index in [-0.39, 0.29) is 0 Å². The predicted octanol–water partition coefficient (Wildman–Crippen LogP) is 3.11. The molecule has 0 spiro atoms. The third-order valence-electron chi connectivity index (χ3n) is 3.10. The van der Waals surface area contributed by atoms with Crippen LogP contribution in [0.5, 0.6) is 0 Å². The number of thiophene rings is 1. The highest BCUT2D eigenvalue weighted by molar-refractivity contribution is 7.17. The minimum atomic E-state index is -0.757. The predicted molar refractivity (Wildman–Crippen MR) is 74.6 cm³/mol. The van der Waals surface area contributed by atoms with Crippen molar-refractivity contribution in [3.63, 3.8) is 0 Å². The number of hydrogen-bond donors (Lipinski definition) is 2. The molecule has 0 amide bonds. The molecule has 0 bridgehead atoms. The van der Waals surface area contributed by atoms with Gasteiger partial charge in [0.2, 0.25) is 0 Å². The van der Waals surface area contributed by atoms with Crippen molar-refractivity contribution in [2.75, 3.05) is 13.1 Å². The van der Waals surface area contributed by atoms with Crippen LogP contribution in [0.3, 0.4) is 0 Å². The molecule has 1 unspecified atom stereocenters. The second-order valence-corrected chi connectivity index (χ2v) is 5.44. The molecule has 0 saturated carbocycles. The molecule has 1 aromatic carbocycles. The van der Waals surface area contributed by atoms with Crippen molar-refractivity contribution >= 4 is 21.4 Å². The largest absolute Gasteiger partial charge is 0.385 e. The summed E-state index contributed by atoms with van der Waals surface area (Å²) in [4.78, 5) is 0. The van der Waals surface area contributed by atoms with Gasteiger partial charge >= 0.3 is 0 Å². The summed E-state index contributed by atoms with van der Waals surface area (Å²) in [6.45, 7) is 5.76. The Balaban J connectivity index is 2.28. The summed E-state index contributed by atoms with van der Waals surface area (Å²) in [5, 5.41) is 17.2. The van der Waals surface area contributed by atoms with Gasteiger partial charge in [-0.25, -0.2) is 0 Å². The summed E-state index contributed by atoms with van der Waals surface area (Å²) in [6, 6.07) is 8.25. The maximum absolute atomic E-state index is 10.6. The Morgan fingerprint density at radius 3 is 2.94 bits per heavy atom. The Bertz CT molecular complexity index is 490. The number of nitrogens with one attached hydrogen (secondary N) is 1. The maximum atomic E-state index is 10.6. The van der Waals surface area contributed by atoms with Crippen LogP contribution < -0.4 is 5.32 Å². The SMILES string of the molecule is CCNCCC(C)(O)c1cccc2ccsc12. The minimum absolute atomic E-state index is 0.734. The number of benzene rings is 1. The van der Waals surface area contributed by atoms with Crippen LogP contribution in [0.25, 0.3) is 10.1 Å². The number of fused-ring (bicyclic) bond motifs is 1. The lowest BCUT2D eigenvalue weighted by Crippen LogP contribution is -2.27. The van der Waals surface area contributed by atoms with Crippen LogP contribution in [0.2, 0.25) is 0 Å². The summed E-state index contributed by atoms with van der Waals surface area (Å²) in [6.07, 6.45) is 0.734. The van der Waals surface area contributed by atoms with Crippen molar-refractivity contribution < 1.29 is 5.11 Å². The van der Waals surface area contributed by atoms with E-state index in [0.29, 0.717) is 0 Å². The van der Waals surface area contributed by atoms with Gasteiger partial charge in [0.1, 0.15) is 0 Å². The van der Waals surface area contributed by atoms with Crippen molar-refractivity contribution in [2.45, 2.75) is 25.9 Å². The van der Waals surface area contributed by atoms with Crippen LogP contribution in [0.1, 0.15) is 25.8 Å². The van der Waals surface area contributed by atoms with Crippen molar-refractivity contribution in [1.29, 1.82) is 0 Å². The molecule has 2 nitrogen and oxygen atoms in total. The Morgan fingerprint density at radius 2 is 2.18 bits per heavy atom. The molecule has 2 rings (SSSR count). The van der Waals surface area contributed by atoms with Gasteiger partial charge in [-0.05, 0) is 43.3 Å². The summed E-state index contributed by atoms with van der Waals surface area (Å²) in [7, 11) is 0. The Labute approximate surface area is 106 Å². The lowest BCUT2D eigenvalue weighted by atomic mass is 9.92. The fourth-order valence-corrected chi connectivity index (χ4v) is 3.10. The molecule has 2 aromatic rings. The molecule has 1 aromatic heterocycles. The summed E-state index contributed by atoms with van der Waals surface area (Å²) in [5.74, 6) is 0. The average Bonchev–Trinajstić information content (AvgIpc) is 2.76. The molecule has 1 heterocycles.